The third-order valence-corrected chi connectivity index (χ3v) is 5.50. The number of allylic oxidation sites excluding steroid dienone is 1. The molecule has 0 spiro atoms. The van der Waals surface area contributed by atoms with Gasteiger partial charge in [0.05, 0.1) is 17.8 Å². The maximum absolute atomic E-state index is 12.4. The van der Waals surface area contributed by atoms with Gasteiger partial charge in [-0.25, -0.2) is 9.97 Å². The molecule has 0 atom stereocenters. The van der Waals surface area contributed by atoms with Crippen molar-refractivity contribution in [1.29, 1.82) is 0 Å². The molecule has 3 heterocycles. The Hall–Kier alpha value is -3.77. The van der Waals surface area contributed by atoms with Crippen molar-refractivity contribution in [2.75, 3.05) is 13.2 Å². The lowest BCUT2D eigenvalue weighted by Gasteiger charge is -2.11. The van der Waals surface area contributed by atoms with E-state index >= 15 is 0 Å². The van der Waals surface area contributed by atoms with Crippen LogP contribution in [0.5, 0.6) is 5.88 Å². The Morgan fingerprint density at radius 2 is 2.00 bits per heavy atom. The van der Waals surface area contributed by atoms with Crippen molar-refractivity contribution in [3.8, 4) is 28.3 Å². The Labute approximate surface area is 179 Å². The molecule has 6 nitrogen and oxygen atoms in total. The number of ether oxygens (including phenoxy) is 1. The van der Waals surface area contributed by atoms with Crippen molar-refractivity contribution in [2.24, 2.45) is 7.05 Å². The average Bonchev–Trinajstić information content (AvgIpc) is 3.30. The summed E-state index contributed by atoms with van der Waals surface area (Å²) in [6.07, 6.45) is 8.34. The van der Waals surface area contributed by atoms with E-state index in [9.17, 15) is 4.79 Å². The summed E-state index contributed by atoms with van der Waals surface area (Å²) in [4.78, 5) is 21.5. The van der Waals surface area contributed by atoms with Gasteiger partial charge < -0.3 is 14.4 Å². The molecular weight excluding hydrogens is 390 g/mol. The van der Waals surface area contributed by atoms with Crippen molar-refractivity contribution in [3.05, 3.63) is 82.4 Å². The van der Waals surface area contributed by atoms with E-state index in [1.165, 1.54) is 0 Å². The van der Waals surface area contributed by atoms with Gasteiger partial charge in [-0.15, -0.1) is 0 Å². The van der Waals surface area contributed by atoms with Crippen LogP contribution in [0.4, 0.5) is 0 Å². The number of aliphatic hydroxyl groups is 1. The smallest absolute Gasteiger partial charge is 0.254 e. The minimum absolute atomic E-state index is 0.0402. The molecule has 0 saturated carbocycles. The number of aliphatic hydroxyl groups excluding tert-OH is 1. The number of aromatic nitrogens is 3. The predicted octanol–water partition coefficient (Wildman–Crippen LogP) is 3.60. The summed E-state index contributed by atoms with van der Waals surface area (Å²) in [5.74, 6) is 0.490. The van der Waals surface area contributed by atoms with E-state index in [0.29, 0.717) is 12.3 Å². The van der Waals surface area contributed by atoms with Crippen molar-refractivity contribution < 1.29 is 9.84 Å². The van der Waals surface area contributed by atoms with Crippen molar-refractivity contribution >= 4 is 17.0 Å². The topological polar surface area (TPSA) is 77.2 Å². The van der Waals surface area contributed by atoms with Crippen LogP contribution >= 0.6 is 0 Å². The lowest BCUT2D eigenvalue weighted by Crippen LogP contribution is -2.21. The van der Waals surface area contributed by atoms with E-state index in [1.807, 2.05) is 42.6 Å². The standard InChI is InChI=1S/C25H21N3O3/c1-28-15-21(19-3-2-4-20(19)25(28)30)23-9-6-17-13-16(5-8-22(17)27-23)18-7-10-24(26-14-18)31-12-11-29/h2-3,5-10,13-15,29H,4,11-12H2,1H3. The third kappa shape index (κ3) is 3.51. The summed E-state index contributed by atoms with van der Waals surface area (Å²) in [6.45, 7) is 0.187. The molecule has 3 aromatic heterocycles. The van der Waals surface area contributed by atoms with E-state index in [4.69, 9.17) is 14.8 Å². The highest BCUT2D eigenvalue weighted by Gasteiger charge is 2.17. The van der Waals surface area contributed by atoms with E-state index in [-0.39, 0.29) is 18.8 Å². The minimum atomic E-state index is -0.0402. The van der Waals surface area contributed by atoms with Gasteiger partial charge in [0.25, 0.3) is 5.56 Å². The van der Waals surface area contributed by atoms with Gasteiger partial charge in [-0.1, -0.05) is 24.3 Å². The van der Waals surface area contributed by atoms with Crippen LogP contribution in [-0.2, 0) is 13.5 Å². The van der Waals surface area contributed by atoms with Crippen LogP contribution in [0.3, 0.4) is 0 Å². The molecule has 0 fully saturated rings. The van der Waals surface area contributed by atoms with Crippen molar-refractivity contribution in [1.82, 2.24) is 14.5 Å². The largest absolute Gasteiger partial charge is 0.475 e. The number of rotatable bonds is 5. The van der Waals surface area contributed by atoms with Crippen LogP contribution in [-0.4, -0.2) is 32.9 Å². The van der Waals surface area contributed by atoms with Gasteiger partial charge in [0, 0.05) is 47.6 Å². The molecule has 1 aromatic carbocycles. The zero-order valence-corrected chi connectivity index (χ0v) is 17.1. The highest BCUT2D eigenvalue weighted by molar-refractivity contribution is 5.87. The summed E-state index contributed by atoms with van der Waals surface area (Å²) < 4.78 is 6.96. The molecule has 0 aliphatic heterocycles. The molecule has 31 heavy (non-hydrogen) atoms. The van der Waals surface area contributed by atoms with Gasteiger partial charge in [0.2, 0.25) is 5.88 Å². The second-order valence-corrected chi connectivity index (χ2v) is 7.52. The number of nitrogens with zero attached hydrogens (tertiary/aromatic N) is 3. The monoisotopic (exact) mass is 411 g/mol. The Kier molecular flexibility index (Phi) is 4.84. The normalized spacial score (nSPS) is 12.3. The molecule has 1 aliphatic rings. The third-order valence-electron chi connectivity index (χ3n) is 5.50. The van der Waals surface area contributed by atoms with Gasteiger partial charge in [0.1, 0.15) is 6.61 Å². The molecule has 1 aliphatic carbocycles. The van der Waals surface area contributed by atoms with Gasteiger partial charge in [0.15, 0.2) is 0 Å². The highest BCUT2D eigenvalue weighted by Crippen LogP contribution is 2.30. The maximum atomic E-state index is 12.4. The van der Waals surface area contributed by atoms with Crippen LogP contribution < -0.4 is 10.3 Å². The SMILES string of the molecule is Cn1cc(-c2ccc3cc(-c4ccc(OCCO)nc4)ccc3n2)c2c(c1=O)CC=C2. The highest BCUT2D eigenvalue weighted by atomic mass is 16.5. The fourth-order valence-electron chi connectivity index (χ4n) is 3.94. The van der Waals surface area contributed by atoms with Crippen LogP contribution in [0.15, 0.2) is 65.7 Å². The fraction of sp³-hybridized carbons (Fsp3) is 0.160. The quantitative estimate of drug-likeness (QED) is 0.543. The fourth-order valence-corrected chi connectivity index (χ4v) is 3.94. The van der Waals surface area contributed by atoms with E-state index < -0.39 is 0 Å². The van der Waals surface area contributed by atoms with E-state index in [2.05, 4.69) is 17.1 Å². The minimum Gasteiger partial charge on any atom is -0.475 e. The summed E-state index contributed by atoms with van der Waals surface area (Å²) in [5, 5.41) is 9.87. The molecule has 5 rings (SSSR count). The Balaban J connectivity index is 1.50. The molecule has 154 valence electrons. The molecule has 0 radical (unpaired) electrons. The zero-order valence-electron chi connectivity index (χ0n) is 17.1. The summed E-state index contributed by atoms with van der Waals surface area (Å²) in [7, 11) is 1.78. The van der Waals surface area contributed by atoms with Gasteiger partial charge >= 0.3 is 0 Å². The zero-order chi connectivity index (χ0) is 21.4. The first-order chi connectivity index (χ1) is 15.1. The second-order valence-electron chi connectivity index (χ2n) is 7.52. The Morgan fingerprint density at radius 3 is 2.81 bits per heavy atom. The molecule has 1 N–H and O–H groups in total. The lowest BCUT2D eigenvalue weighted by atomic mass is 10.0. The Morgan fingerprint density at radius 1 is 1.13 bits per heavy atom. The summed E-state index contributed by atoms with van der Waals surface area (Å²) in [5.41, 5.74) is 6.58. The average molecular weight is 411 g/mol. The van der Waals surface area contributed by atoms with Crippen molar-refractivity contribution in [2.45, 2.75) is 6.42 Å². The molecule has 6 heteroatoms. The van der Waals surface area contributed by atoms with E-state index in [0.717, 1.165) is 44.4 Å². The number of hydrogen-bond donors (Lipinski definition) is 1. The number of hydrogen-bond acceptors (Lipinski definition) is 5. The number of pyridine rings is 3. The van der Waals surface area contributed by atoms with Crippen LogP contribution in [0.1, 0.15) is 11.1 Å². The van der Waals surface area contributed by atoms with Gasteiger partial charge in [-0.2, -0.15) is 0 Å². The second kappa shape index (κ2) is 7.81. The van der Waals surface area contributed by atoms with Gasteiger partial charge in [-0.3, -0.25) is 4.79 Å². The molecule has 0 unspecified atom stereocenters. The molecule has 0 bridgehead atoms. The summed E-state index contributed by atoms with van der Waals surface area (Å²) in [6, 6.07) is 13.9. The van der Waals surface area contributed by atoms with Crippen LogP contribution in [0.25, 0.3) is 39.4 Å². The number of fused-ring (bicyclic) bond motifs is 2. The summed E-state index contributed by atoms with van der Waals surface area (Å²) >= 11 is 0. The maximum Gasteiger partial charge on any atom is 0.254 e. The van der Waals surface area contributed by atoms with Crippen LogP contribution in [0, 0.1) is 0 Å². The van der Waals surface area contributed by atoms with Crippen LogP contribution in [0.2, 0.25) is 0 Å². The number of benzene rings is 1. The lowest BCUT2D eigenvalue weighted by molar-refractivity contribution is 0.196. The first-order valence-electron chi connectivity index (χ1n) is 10.1. The number of aryl methyl sites for hydroxylation is 1. The first kappa shape index (κ1) is 19.2. The van der Waals surface area contributed by atoms with Gasteiger partial charge in [-0.05, 0) is 41.8 Å². The Bertz CT molecular complexity index is 1370. The molecule has 0 saturated heterocycles. The molecule has 4 aromatic rings. The first-order valence-corrected chi connectivity index (χ1v) is 10.1. The predicted molar refractivity (Wildman–Crippen MR) is 121 cm³/mol. The van der Waals surface area contributed by atoms with Crippen molar-refractivity contribution in [3.63, 3.8) is 0 Å². The van der Waals surface area contributed by atoms with E-state index in [1.54, 1.807) is 23.9 Å². The molecule has 0 amide bonds. The molecular formula is C25H21N3O3.